The van der Waals surface area contributed by atoms with Crippen molar-refractivity contribution in [3.05, 3.63) is 24.5 Å². The van der Waals surface area contributed by atoms with Crippen LogP contribution in [-0.2, 0) is 0 Å². The van der Waals surface area contributed by atoms with Crippen LogP contribution in [0.3, 0.4) is 0 Å². The van der Waals surface area contributed by atoms with Gasteiger partial charge in [0.15, 0.2) is 11.5 Å². The van der Waals surface area contributed by atoms with Crippen molar-refractivity contribution in [3.63, 3.8) is 0 Å². The molecule has 1 saturated heterocycles. The SMILES string of the molecule is COc1cc2cnccc2c(NC2CCNCC2)c1OC. The number of pyridine rings is 1. The Bertz CT molecular complexity index is 624. The molecule has 112 valence electrons. The molecule has 1 aliphatic rings. The number of fused-ring (bicyclic) bond motifs is 1. The zero-order chi connectivity index (χ0) is 14.7. The normalized spacial score (nSPS) is 15.9. The highest BCUT2D eigenvalue weighted by atomic mass is 16.5. The van der Waals surface area contributed by atoms with Crippen molar-refractivity contribution in [1.82, 2.24) is 10.3 Å². The fourth-order valence-electron chi connectivity index (χ4n) is 2.87. The first-order chi connectivity index (χ1) is 10.3. The van der Waals surface area contributed by atoms with Crippen molar-refractivity contribution in [3.8, 4) is 11.5 Å². The third-order valence-electron chi connectivity index (χ3n) is 3.97. The highest BCUT2D eigenvalue weighted by Crippen LogP contribution is 2.41. The van der Waals surface area contributed by atoms with Gasteiger partial charge >= 0.3 is 0 Å². The second-order valence-corrected chi connectivity index (χ2v) is 5.25. The molecular formula is C16H21N3O2. The molecular weight excluding hydrogens is 266 g/mol. The van der Waals surface area contributed by atoms with E-state index in [4.69, 9.17) is 9.47 Å². The van der Waals surface area contributed by atoms with Crippen LogP contribution in [0.1, 0.15) is 12.8 Å². The highest BCUT2D eigenvalue weighted by molar-refractivity contribution is 5.98. The van der Waals surface area contributed by atoms with E-state index in [1.165, 1.54) is 0 Å². The van der Waals surface area contributed by atoms with Gasteiger partial charge in [-0.2, -0.15) is 0 Å². The number of nitrogens with one attached hydrogen (secondary N) is 2. The number of methoxy groups -OCH3 is 2. The molecule has 0 aliphatic carbocycles. The van der Waals surface area contributed by atoms with Crippen molar-refractivity contribution in [1.29, 1.82) is 0 Å². The van der Waals surface area contributed by atoms with E-state index >= 15 is 0 Å². The van der Waals surface area contributed by atoms with Crippen LogP contribution in [0.2, 0.25) is 0 Å². The van der Waals surface area contributed by atoms with Crippen LogP contribution in [-0.4, -0.2) is 38.3 Å². The van der Waals surface area contributed by atoms with Crippen LogP contribution in [0, 0.1) is 0 Å². The predicted octanol–water partition coefficient (Wildman–Crippen LogP) is 2.42. The smallest absolute Gasteiger partial charge is 0.184 e. The summed E-state index contributed by atoms with van der Waals surface area (Å²) in [6, 6.07) is 4.43. The first-order valence-corrected chi connectivity index (χ1v) is 7.29. The summed E-state index contributed by atoms with van der Waals surface area (Å²) < 4.78 is 11.1. The molecule has 0 spiro atoms. The van der Waals surface area contributed by atoms with Crippen molar-refractivity contribution in [2.45, 2.75) is 18.9 Å². The number of piperidine rings is 1. The zero-order valence-electron chi connectivity index (χ0n) is 12.5. The standard InChI is InChI=1S/C16H21N3O2/c1-20-14-9-11-10-18-8-5-13(11)15(16(14)21-2)19-12-3-6-17-7-4-12/h5,8-10,12,17,19H,3-4,6-7H2,1-2H3. The second kappa shape index (κ2) is 6.18. The average Bonchev–Trinajstić information content (AvgIpc) is 2.55. The number of hydrogen-bond donors (Lipinski definition) is 2. The van der Waals surface area contributed by atoms with Crippen molar-refractivity contribution >= 4 is 16.5 Å². The topological polar surface area (TPSA) is 55.4 Å². The molecule has 3 rings (SSSR count). The van der Waals surface area contributed by atoms with Gasteiger partial charge in [0.2, 0.25) is 0 Å². The Morgan fingerprint density at radius 2 is 2.05 bits per heavy atom. The van der Waals surface area contributed by atoms with Crippen molar-refractivity contribution in [2.75, 3.05) is 32.6 Å². The Labute approximate surface area is 124 Å². The molecule has 21 heavy (non-hydrogen) atoms. The van der Waals surface area contributed by atoms with Gasteiger partial charge in [0.1, 0.15) is 0 Å². The number of rotatable bonds is 4. The molecule has 0 amide bonds. The minimum Gasteiger partial charge on any atom is -0.493 e. The molecule has 0 unspecified atom stereocenters. The quantitative estimate of drug-likeness (QED) is 0.904. The van der Waals surface area contributed by atoms with E-state index in [1.807, 2.05) is 24.5 Å². The van der Waals surface area contributed by atoms with Gasteiger partial charge in [0.05, 0.1) is 19.9 Å². The number of anilines is 1. The molecule has 2 aromatic rings. The summed E-state index contributed by atoms with van der Waals surface area (Å²) in [5.41, 5.74) is 1.00. The van der Waals surface area contributed by atoms with Crippen LogP contribution in [0.15, 0.2) is 24.5 Å². The summed E-state index contributed by atoms with van der Waals surface area (Å²) in [5.74, 6) is 1.49. The highest BCUT2D eigenvalue weighted by Gasteiger charge is 2.19. The average molecular weight is 287 g/mol. The van der Waals surface area contributed by atoms with E-state index in [-0.39, 0.29) is 0 Å². The zero-order valence-corrected chi connectivity index (χ0v) is 12.5. The Morgan fingerprint density at radius 1 is 1.24 bits per heavy atom. The second-order valence-electron chi connectivity index (χ2n) is 5.25. The molecule has 0 radical (unpaired) electrons. The third kappa shape index (κ3) is 2.74. The van der Waals surface area contributed by atoms with E-state index in [0.717, 1.165) is 53.9 Å². The van der Waals surface area contributed by atoms with E-state index in [9.17, 15) is 0 Å². The van der Waals surface area contributed by atoms with Gasteiger partial charge < -0.3 is 20.1 Å². The maximum Gasteiger partial charge on any atom is 0.184 e. The Balaban J connectivity index is 2.07. The Kier molecular flexibility index (Phi) is 4.10. The fourth-order valence-corrected chi connectivity index (χ4v) is 2.87. The molecule has 0 saturated carbocycles. The van der Waals surface area contributed by atoms with Crippen molar-refractivity contribution in [2.24, 2.45) is 0 Å². The van der Waals surface area contributed by atoms with Crippen LogP contribution in [0.25, 0.3) is 10.8 Å². The van der Waals surface area contributed by atoms with Crippen LogP contribution in [0.4, 0.5) is 5.69 Å². The molecule has 5 heteroatoms. The molecule has 5 nitrogen and oxygen atoms in total. The van der Waals surface area contributed by atoms with Gasteiger partial charge in [-0.15, -0.1) is 0 Å². The van der Waals surface area contributed by atoms with Gasteiger partial charge in [-0.3, -0.25) is 4.98 Å². The lowest BCUT2D eigenvalue weighted by Crippen LogP contribution is -2.35. The largest absolute Gasteiger partial charge is 0.493 e. The van der Waals surface area contributed by atoms with E-state index in [0.29, 0.717) is 6.04 Å². The molecule has 1 aromatic heterocycles. The minimum absolute atomic E-state index is 0.448. The lowest BCUT2D eigenvalue weighted by molar-refractivity contribution is 0.356. The number of ether oxygens (including phenoxy) is 2. The Hall–Kier alpha value is -2.01. The predicted molar refractivity (Wildman–Crippen MR) is 84.4 cm³/mol. The maximum atomic E-state index is 5.59. The van der Waals surface area contributed by atoms with Crippen LogP contribution >= 0.6 is 0 Å². The van der Waals surface area contributed by atoms with E-state index in [2.05, 4.69) is 15.6 Å². The molecule has 0 bridgehead atoms. The van der Waals surface area contributed by atoms with Gasteiger partial charge in [-0.05, 0) is 38.1 Å². The van der Waals surface area contributed by atoms with E-state index < -0.39 is 0 Å². The first kappa shape index (κ1) is 13.9. The monoisotopic (exact) mass is 287 g/mol. The number of hydrogen-bond acceptors (Lipinski definition) is 5. The summed E-state index contributed by atoms with van der Waals surface area (Å²) in [4.78, 5) is 4.20. The number of nitrogens with zero attached hydrogens (tertiary/aromatic N) is 1. The number of aromatic nitrogens is 1. The third-order valence-corrected chi connectivity index (χ3v) is 3.97. The van der Waals surface area contributed by atoms with E-state index in [1.54, 1.807) is 14.2 Å². The van der Waals surface area contributed by atoms with Gasteiger partial charge in [0.25, 0.3) is 0 Å². The lowest BCUT2D eigenvalue weighted by atomic mass is 10.0. The van der Waals surface area contributed by atoms with Gasteiger partial charge in [0, 0.05) is 29.2 Å². The molecule has 1 aliphatic heterocycles. The Morgan fingerprint density at radius 3 is 2.76 bits per heavy atom. The summed E-state index contributed by atoms with van der Waals surface area (Å²) in [7, 11) is 3.34. The molecule has 2 N–H and O–H groups in total. The molecule has 1 aromatic carbocycles. The molecule has 1 fully saturated rings. The maximum absolute atomic E-state index is 5.59. The summed E-state index contributed by atoms with van der Waals surface area (Å²) in [6.45, 7) is 2.09. The van der Waals surface area contributed by atoms with Crippen LogP contribution in [0.5, 0.6) is 11.5 Å². The van der Waals surface area contributed by atoms with Crippen LogP contribution < -0.4 is 20.1 Å². The minimum atomic E-state index is 0.448. The fraction of sp³-hybridized carbons (Fsp3) is 0.438. The van der Waals surface area contributed by atoms with Crippen molar-refractivity contribution < 1.29 is 9.47 Å². The first-order valence-electron chi connectivity index (χ1n) is 7.29. The molecule has 2 heterocycles. The van der Waals surface area contributed by atoms with Gasteiger partial charge in [-0.25, -0.2) is 0 Å². The summed E-state index contributed by atoms with van der Waals surface area (Å²) in [6.07, 6.45) is 5.87. The summed E-state index contributed by atoms with van der Waals surface area (Å²) >= 11 is 0. The number of benzene rings is 1. The van der Waals surface area contributed by atoms with Gasteiger partial charge in [-0.1, -0.05) is 0 Å². The molecule has 0 atom stereocenters. The summed E-state index contributed by atoms with van der Waals surface area (Å²) in [5, 5.41) is 9.19. The lowest BCUT2D eigenvalue weighted by Gasteiger charge is -2.27.